The minimum atomic E-state index is -5.51. The molecule has 9 heteroatoms. The zero-order chi connectivity index (χ0) is 14.8. The summed E-state index contributed by atoms with van der Waals surface area (Å²) >= 11 is 0. The van der Waals surface area contributed by atoms with Crippen LogP contribution in [-0.4, -0.2) is 24.8 Å². The fourth-order valence-electron chi connectivity index (χ4n) is 1.30. The minimum absolute atomic E-state index is 0.0106. The van der Waals surface area contributed by atoms with Gasteiger partial charge in [0, 0.05) is 5.56 Å². The lowest BCUT2D eigenvalue weighted by atomic mass is 10.1. The summed E-state index contributed by atoms with van der Waals surface area (Å²) in [5.74, 6) is 0. The van der Waals surface area contributed by atoms with Crippen LogP contribution in [0.4, 0.5) is 18.9 Å². The number of benzene rings is 1. The van der Waals surface area contributed by atoms with Crippen LogP contribution in [0.2, 0.25) is 0 Å². The highest BCUT2D eigenvalue weighted by Crippen LogP contribution is 2.27. The van der Waals surface area contributed by atoms with Gasteiger partial charge in [-0.3, -0.25) is 4.72 Å². The van der Waals surface area contributed by atoms with E-state index in [-0.39, 0.29) is 17.0 Å². The van der Waals surface area contributed by atoms with Crippen LogP contribution in [0.25, 0.3) is 0 Å². The third-order valence-corrected chi connectivity index (χ3v) is 3.36. The number of rotatable bonds is 3. The molecule has 0 fully saturated rings. The fraction of sp³-hybridized carbons (Fsp3) is 0.300. The number of hydrogen-bond acceptors (Lipinski definition) is 4. The number of nitrogens with one attached hydrogen (secondary N) is 1. The highest BCUT2D eigenvalue weighted by molar-refractivity contribution is 7.93. The Kier molecular flexibility index (Phi) is 4.09. The molecule has 1 aromatic carbocycles. The van der Waals surface area contributed by atoms with Gasteiger partial charge >= 0.3 is 15.5 Å². The number of nitrogens with zero attached hydrogens (tertiary/aromatic N) is 1. The van der Waals surface area contributed by atoms with Crippen molar-refractivity contribution < 1.29 is 26.8 Å². The van der Waals surface area contributed by atoms with Gasteiger partial charge < -0.3 is 5.21 Å². The molecular formula is C10H11F3N2O3S. The molecule has 0 aromatic heterocycles. The molecule has 2 N–H and O–H groups in total. The topological polar surface area (TPSA) is 78.8 Å². The summed E-state index contributed by atoms with van der Waals surface area (Å²) in [6, 6.07) is 4.01. The van der Waals surface area contributed by atoms with Gasteiger partial charge in [0.2, 0.25) is 0 Å². The number of hydrogen-bond donors (Lipinski definition) is 2. The van der Waals surface area contributed by atoms with Gasteiger partial charge in [0.05, 0.1) is 11.4 Å². The van der Waals surface area contributed by atoms with E-state index >= 15 is 0 Å². The quantitative estimate of drug-likeness (QED) is 0.511. The number of anilines is 1. The first-order valence-electron chi connectivity index (χ1n) is 4.97. The molecule has 0 spiro atoms. The first-order chi connectivity index (χ1) is 8.58. The van der Waals surface area contributed by atoms with Gasteiger partial charge in [-0.05, 0) is 26.0 Å². The van der Waals surface area contributed by atoms with Crippen LogP contribution in [0.3, 0.4) is 0 Å². The molecule has 0 aliphatic carbocycles. The van der Waals surface area contributed by atoms with Crippen LogP contribution >= 0.6 is 0 Å². The van der Waals surface area contributed by atoms with Crippen molar-refractivity contribution in [3.05, 3.63) is 29.3 Å². The molecule has 1 aromatic rings. The normalized spacial score (nSPS) is 13.4. The van der Waals surface area contributed by atoms with Crippen LogP contribution in [0.5, 0.6) is 0 Å². The molecule has 0 aliphatic heterocycles. The first-order valence-corrected chi connectivity index (χ1v) is 6.45. The zero-order valence-corrected chi connectivity index (χ0v) is 10.8. The van der Waals surface area contributed by atoms with Gasteiger partial charge in [0.25, 0.3) is 0 Å². The first kappa shape index (κ1) is 15.3. The van der Waals surface area contributed by atoms with Gasteiger partial charge in [-0.2, -0.15) is 21.6 Å². The van der Waals surface area contributed by atoms with E-state index in [0.717, 1.165) is 0 Å². The molecule has 0 amide bonds. The Morgan fingerprint density at radius 3 is 2.42 bits per heavy atom. The summed E-state index contributed by atoms with van der Waals surface area (Å²) < 4.78 is 60.3. The second kappa shape index (κ2) is 5.08. The van der Waals surface area contributed by atoms with Gasteiger partial charge in [0.15, 0.2) is 0 Å². The summed E-state index contributed by atoms with van der Waals surface area (Å²) in [5.41, 5.74) is -5.00. The van der Waals surface area contributed by atoms with Crippen molar-refractivity contribution in [2.45, 2.75) is 19.4 Å². The average molecular weight is 296 g/mol. The molecule has 0 radical (unpaired) electrons. The molecule has 0 saturated heterocycles. The van der Waals surface area contributed by atoms with Crippen molar-refractivity contribution in [1.82, 2.24) is 0 Å². The molecule has 0 heterocycles. The van der Waals surface area contributed by atoms with Gasteiger partial charge in [-0.25, -0.2) is 0 Å². The second-order valence-corrected chi connectivity index (χ2v) is 5.46. The smallest absolute Gasteiger partial charge is 0.411 e. The van der Waals surface area contributed by atoms with Crippen LogP contribution in [0, 0.1) is 6.92 Å². The second-order valence-electron chi connectivity index (χ2n) is 3.79. The largest absolute Gasteiger partial charge is 0.516 e. The minimum Gasteiger partial charge on any atom is -0.411 e. The Bertz CT molecular complexity index is 609. The molecular weight excluding hydrogens is 285 g/mol. The summed E-state index contributed by atoms with van der Waals surface area (Å²) in [5, 5.41) is 11.5. The van der Waals surface area contributed by atoms with Crippen molar-refractivity contribution in [2.24, 2.45) is 5.16 Å². The van der Waals surface area contributed by atoms with Crippen LogP contribution in [-0.2, 0) is 10.0 Å². The number of sulfonamides is 1. The Balaban J connectivity index is 3.31. The van der Waals surface area contributed by atoms with E-state index in [9.17, 15) is 21.6 Å². The van der Waals surface area contributed by atoms with E-state index < -0.39 is 15.5 Å². The summed E-state index contributed by atoms with van der Waals surface area (Å²) in [6.07, 6.45) is 0. The Morgan fingerprint density at radius 1 is 1.37 bits per heavy atom. The van der Waals surface area contributed by atoms with Crippen LogP contribution < -0.4 is 4.72 Å². The monoisotopic (exact) mass is 296 g/mol. The van der Waals surface area contributed by atoms with Crippen molar-refractivity contribution >= 4 is 21.4 Å². The van der Waals surface area contributed by atoms with Gasteiger partial charge in [-0.1, -0.05) is 16.8 Å². The van der Waals surface area contributed by atoms with Gasteiger partial charge in [0.1, 0.15) is 0 Å². The van der Waals surface area contributed by atoms with Crippen molar-refractivity contribution in [3.8, 4) is 0 Å². The molecule has 19 heavy (non-hydrogen) atoms. The number of halogens is 3. The molecule has 0 aliphatic rings. The summed E-state index contributed by atoms with van der Waals surface area (Å²) in [6.45, 7) is 3.00. The highest BCUT2D eigenvalue weighted by Gasteiger charge is 2.46. The highest BCUT2D eigenvalue weighted by atomic mass is 32.2. The van der Waals surface area contributed by atoms with E-state index in [2.05, 4.69) is 5.16 Å². The van der Waals surface area contributed by atoms with E-state index in [4.69, 9.17) is 5.21 Å². The van der Waals surface area contributed by atoms with Crippen molar-refractivity contribution in [2.75, 3.05) is 4.72 Å². The van der Waals surface area contributed by atoms with Crippen LogP contribution in [0.15, 0.2) is 23.4 Å². The molecule has 0 bridgehead atoms. The Hall–Kier alpha value is -1.77. The van der Waals surface area contributed by atoms with Crippen molar-refractivity contribution in [1.29, 1.82) is 0 Å². The van der Waals surface area contributed by atoms with Gasteiger partial charge in [-0.15, -0.1) is 0 Å². The lowest BCUT2D eigenvalue weighted by Crippen LogP contribution is -2.30. The van der Waals surface area contributed by atoms with Crippen LogP contribution in [0.1, 0.15) is 18.1 Å². The SMILES string of the molecule is C/C(=N\O)c1cc(C)ccc1NS(=O)(=O)C(F)(F)F. The Labute approximate surface area is 107 Å². The molecule has 106 valence electrons. The predicted octanol–water partition coefficient (Wildman–Crippen LogP) is 2.45. The third kappa shape index (κ3) is 3.37. The van der Waals surface area contributed by atoms with E-state index in [1.165, 1.54) is 29.8 Å². The van der Waals surface area contributed by atoms with E-state index in [1.54, 1.807) is 6.92 Å². The summed E-state index contributed by atoms with van der Waals surface area (Å²) in [7, 11) is -5.51. The summed E-state index contributed by atoms with van der Waals surface area (Å²) in [4.78, 5) is 0. The molecule has 1 rings (SSSR count). The lowest BCUT2D eigenvalue weighted by molar-refractivity contribution is -0.0429. The lowest BCUT2D eigenvalue weighted by Gasteiger charge is -2.14. The predicted molar refractivity (Wildman–Crippen MR) is 63.8 cm³/mol. The maximum Gasteiger partial charge on any atom is 0.516 e. The number of alkyl halides is 3. The third-order valence-electron chi connectivity index (χ3n) is 2.26. The van der Waals surface area contributed by atoms with E-state index in [1.807, 2.05) is 0 Å². The average Bonchev–Trinajstić information content (AvgIpc) is 2.28. The standard InChI is InChI=1S/C10H11F3N2O3S/c1-6-3-4-9(8(5-6)7(2)14-16)15-19(17,18)10(11,12)13/h3-5,15-16H,1-2H3/b14-7+. The van der Waals surface area contributed by atoms with E-state index in [0.29, 0.717) is 5.56 Å². The zero-order valence-electron chi connectivity index (χ0n) is 9.99. The maximum absolute atomic E-state index is 12.3. The molecule has 0 saturated carbocycles. The number of oxime groups is 1. The molecule has 5 nitrogen and oxygen atoms in total. The number of aryl methyl sites for hydroxylation is 1. The molecule has 0 unspecified atom stereocenters. The van der Waals surface area contributed by atoms with Crippen molar-refractivity contribution in [3.63, 3.8) is 0 Å². The fourth-order valence-corrected chi connectivity index (χ4v) is 1.89. The Morgan fingerprint density at radius 2 is 1.95 bits per heavy atom. The molecule has 0 atom stereocenters. The maximum atomic E-state index is 12.3.